The maximum Gasteiger partial charge on any atom is 0.268 e. The number of hydrogen-bond donors (Lipinski definition) is 1. The van der Waals surface area contributed by atoms with E-state index < -0.39 is 12.1 Å². The third-order valence-corrected chi connectivity index (χ3v) is 6.57. The number of benzene rings is 2. The summed E-state index contributed by atoms with van der Waals surface area (Å²) >= 11 is 1.62. The van der Waals surface area contributed by atoms with Crippen molar-refractivity contribution in [3.8, 4) is 22.8 Å². The first-order valence-corrected chi connectivity index (χ1v) is 11.7. The highest BCUT2D eigenvalue weighted by molar-refractivity contribution is 7.11. The normalized spacial score (nSPS) is 16.1. The summed E-state index contributed by atoms with van der Waals surface area (Å²) in [4.78, 5) is 33.8. The zero-order valence-corrected chi connectivity index (χ0v) is 20.2. The number of anilines is 2. The Hall–Kier alpha value is -3.39. The lowest BCUT2D eigenvalue weighted by Crippen LogP contribution is -2.53. The molecule has 2 amide bonds. The maximum atomic E-state index is 13.3. The lowest BCUT2D eigenvalue weighted by molar-refractivity contribution is -0.129. The molecule has 0 bridgehead atoms. The molecular formula is C25H27N3O4S. The third-order valence-electron chi connectivity index (χ3n) is 5.68. The van der Waals surface area contributed by atoms with Crippen LogP contribution < -0.4 is 19.7 Å². The second kappa shape index (κ2) is 9.23. The minimum atomic E-state index is -0.771. The first-order valence-electron chi connectivity index (χ1n) is 10.9. The zero-order chi connectivity index (χ0) is 23.7. The van der Waals surface area contributed by atoms with Crippen molar-refractivity contribution < 1.29 is 19.1 Å². The fourth-order valence-electron chi connectivity index (χ4n) is 3.99. The quantitative estimate of drug-likeness (QED) is 0.556. The monoisotopic (exact) mass is 465 g/mol. The summed E-state index contributed by atoms with van der Waals surface area (Å²) in [5.41, 5.74) is 2.86. The molecule has 0 fully saturated rings. The van der Waals surface area contributed by atoms with Crippen LogP contribution in [0.25, 0.3) is 11.3 Å². The summed E-state index contributed by atoms with van der Waals surface area (Å²) in [5, 5.41) is 3.86. The van der Waals surface area contributed by atoms with Crippen LogP contribution >= 0.6 is 11.3 Å². The lowest BCUT2D eigenvalue weighted by Gasteiger charge is -2.37. The Morgan fingerprint density at radius 3 is 2.70 bits per heavy atom. The number of nitrogens with zero attached hydrogens (tertiary/aromatic N) is 2. The number of methoxy groups -OCH3 is 1. The average molecular weight is 466 g/mol. The van der Waals surface area contributed by atoms with E-state index in [1.165, 1.54) is 4.90 Å². The Kier molecular flexibility index (Phi) is 6.37. The Balaban J connectivity index is 1.72. The Labute approximate surface area is 197 Å². The number of fused-ring (bicyclic) bond motifs is 1. The molecule has 0 radical (unpaired) electrons. The second-order valence-electron chi connectivity index (χ2n) is 7.91. The molecule has 4 rings (SSSR count). The van der Waals surface area contributed by atoms with Crippen molar-refractivity contribution in [1.29, 1.82) is 0 Å². The minimum absolute atomic E-state index is 0.240. The predicted octanol–water partition coefficient (Wildman–Crippen LogP) is 4.97. The Morgan fingerprint density at radius 1 is 1.27 bits per heavy atom. The van der Waals surface area contributed by atoms with E-state index in [2.05, 4.69) is 10.3 Å². The largest absolute Gasteiger partial charge is 0.495 e. The summed E-state index contributed by atoms with van der Waals surface area (Å²) in [6.45, 7) is 7.60. The van der Waals surface area contributed by atoms with Crippen LogP contribution in [-0.2, 0) is 9.59 Å². The van der Waals surface area contributed by atoms with E-state index in [1.807, 2.05) is 51.1 Å². The number of ether oxygens (including phenoxy) is 2. The van der Waals surface area contributed by atoms with Crippen LogP contribution in [0.15, 0.2) is 42.5 Å². The van der Waals surface area contributed by atoms with Gasteiger partial charge in [-0.2, -0.15) is 0 Å². The summed E-state index contributed by atoms with van der Waals surface area (Å²) in [7, 11) is 1.55. The van der Waals surface area contributed by atoms with E-state index in [9.17, 15) is 9.59 Å². The van der Waals surface area contributed by atoms with Crippen LogP contribution in [0.4, 0.5) is 11.4 Å². The number of carbonyl (C=O) groups is 2. The maximum absolute atomic E-state index is 13.3. The van der Waals surface area contributed by atoms with Crippen molar-refractivity contribution in [3.05, 3.63) is 52.3 Å². The number of aromatic nitrogens is 1. The Morgan fingerprint density at radius 2 is 2.03 bits per heavy atom. The molecule has 1 aliphatic heterocycles. The average Bonchev–Trinajstić information content (AvgIpc) is 3.16. The molecule has 0 saturated heterocycles. The molecule has 2 heterocycles. The smallest absolute Gasteiger partial charge is 0.268 e. The van der Waals surface area contributed by atoms with Gasteiger partial charge in [-0.3, -0.25) is 14.5 Å². The van der Waals surface area contributed by atoms with Gasteiger partial charge in [-0.15, -0.1) is 11.3 Å². The summed E-state index contributed by atoms with van der Waals surface area (Å²) in [6, 6.07) is 12.1. The molecule has 1 aromatic heterocycles. The molecule has 2 unspecified atom stereocenters. The standard InChI is InChI=1S/C25H27N3O4S/c1-6-20-25(30)28(14(2)24(29)27-18-9-7-8-10-21(18)31-5)19-13-17(11-12-22(19)32-20)23-15(3)33-16(4)26-23/h7-14,20H,6H2,1-5H3,(H,27,29). The van der Waals surface area contributed by atoms with Crippen molar-refractivity contribution in [2.24, 2.45) is 0 Å². The van der Waals surface area contributed by atoms with Gasteiger partial charge >= 0.3 is 0 Å². The van der Waals surface area contributed by atoms with Crippen LogP contribution in [-0.4, -0.2) is 36.1 Å². The first kappa shape index (κ1) is 22.8. The molecule has 1 aliphatic rings. The van der Waals surface area contributed by atoms with Crippen LogP contribution in [0, 0.1) is 13.8 Å². The van der Waals surface area contributed by atoms with Crippen molar-refractivity contribution in [3.63, 3.8) is 0 Å². The predicted molar refractivity (Wildman–Crippen MR) is 130 cm³/mol. The van der Waals surface area contributed by atoms with E-state index in [0.717, 1.165) is 21.1 Å². The van der Waals surface area contributed by atoms with Crippen LogP contribution in [0.1, 0.15) is 30.2 Å². The summed E-state index contributed by atoms with van der Waals surface area (Å²) < 4.78 is 11.3. The van der Waals surface area contributed by atoms with E-state index in [4.69, 9.17) is 9.47 Å². The van der Waals surface area contributed by atoms with E-state index in [1.54, 1.807) is 37.5 Å². The molecule has 0 spiro atoms. The number of nitrogens with one attached hydrogen (secondary N) is 1. The molecule has 3 aromatic rings. The number of para-hydroxylation sites is 2. The van der Waals surface area contributed by atoms with Crippen molar-refractivity contribution in [2.45, 2.75) is 46.3 Å². The fraction of sp³-hybridized carbons (Fsp3) is 0.320. The highest BCUT2D eigenvalue weighted by Crippen LogP contribution is 2.40. The van der Waals surface area contributed by atoms with Crippen molar-refractivity contribution >= 4 is 34.5 Å². The highest BCUT2D eigenvalue weighted by Gasteiger charge is 2.39. The van der Waals surface area contributed by atoms with Crippen molar-refractivity contribution in [2.75, 3.05) is 17.3 Å². The molecule has 0 saturated carbocycles. The number of aryl methyl sites for hydroxylation is 2. The number of hydrogen-bond acceptors (Lipinski definition) is 6. The molecule has 172 valence electrons. The topological polar surface area (TPSA) is 80.8 Å². The molecule has 8 heteroatoms. The van der Waals surface area contributed by atoms with E-state index >= 15 is 0 Å². The molecule has 7 nitrogen and oxygen atoms in total. The molecular weight excluding hydrogens is 438 g/mol. The Bertz CT molecular complexity index is 1210. The fourth-order valence-corrected chi connectivity index (χ4v) is 4.83. The van der Waals surface area contributed by atoms with E-state index in [-0.39, 0.29) is 11.8 Å². The van der Waals surface area contributed by atoms with Gasteiger partial charge in [-0.1, -0.05) is 19.1 Å². The summed E-state index contributed by atoms with van der Waals surface area (Å²) in [6.07, 6.45) is -0.144. The highest BCUT2D eigenvalue weighted by atomic mass is 32.1. The number of carbonyl (C=O) groups excluding carboxylic acids is 2. The van der Waals surface area contributed by atoms with Crippen LogP contribution in [0.2, 0.25) is 0 Å². The molecule has 1 N–H and O–H groups in total. The summed E-state index contributed by atoms with van der Waals surface area (Å²) in [5.74, 6) is 0.569. The van der Waals surface area contributed by atoms with Gasteiger partial charge in [0.15, 0.2) is 6.10 Å². The van der Waals surface area contributed by atoms with Crippen LogP contribution in [0.5, 0.6) is 11.5 Å². The number of rotatable bonds is 6. The minimum Gasteiger partial charge on any atom is -0.495 e. The van der Waals surface area contributed by atoms with E-state index in [0.29, 0.717) is 29.3 Å². The number of amides is 2. The van der Waals surface area contributed by atoms with Gasteiger partial charge in [0, 0.05) is 10.4 Å². The number of thiazole rings is 1. The second-order valence-corrected chi connectivity index (χ2v) is 9.32. The van der Waals surface area contributed by atoms with Gasteiger partial charge in [-0.05, 0) is 57.5 Å². The van der Waals surface area contributed by atoms with Gasteiger partial charge in [0.1, 0.15) is 17.5 Å². The molecule has 2 atom stereocenters. The molecule has 0 aliphatic carbocycles. The lowest BCUT2D eigenvalue weighted by atomic mass is 10.0. The van der Waals surface area contributed by atoms with Gasteiger partial charge < -0.3 is 14.8 Å². The molecule has 2 aromatic carbocycles. The zero-order valence-electron chi connectivity index (χ0n) is 19.3. The van der Waals surface area contributed by atoms with Gasteiger partial charge in [-0.25, -0.2) is 4.98 Å². The van der Waals surface area contributed by atoms with Gasteiger partial charge in [0.2, 0.25) is 5.91 Å². The van der Waals surface area contributed by atoms with Crippen molar-refractivity contribution in [1.82, 2.24) is 4.98 Å². The van der Waals surface area contributed by atoms with Crippen LogP contribution in [0.3, 0.4) is 0 Å². The molecule has 33 heavy (non-hydrogen) atoms. The van der Waals surface area contributed by atoms with Gasteiger partial charge in [0.05, 0.1) is 29.2 Å². The SMILES string of the molecule is CCC1Oc2ccc(-c3nc(C)sc3C)cc2N(C(C)C(=O)Nc2ccccc2OC)C1=O. The third kappa shape index (κ3) is 4.30. The first-order chi connectivity index (χ1) is 15.8. The van der Waals surface area contributed by atoms with Gasteiger partial charge in [0.25, 0.3) is 5.91 Å².